The summed E-state index contributed by atoms with van der Waals surface area (Å²) in [5.41, 5.74) is 0.618. The molecule has 1 amide bonds. The van der Waals surface area contributed by atoms with E-state index in [9.17, 15) is 38.3 Å². The van der Waals surface area contributed by atoms with Crippen molar-refractivity contribution < 1.29 is 33.1 Å². The van der Waals surface area contributed by atoms with Crippen LogP contribution in [-0.4, -0.2) is 61.9 Å². The molecule has 3 aromatic rings. The highest BCUT2D eigenvalue weighted by Gasteiger charge is 2.60. The van der Waals surface area contributed by atoms with Crippen LogP contribution in [-0.2, 0) is 26.2 Å². The SMILES string of the molecule is C[C@@H](O)[C@H]1C(=O)N2C(C(=O)O)=C(c3cn4cnc(S(=O)(=O)NCc5ccc([N+](=O)[O-])cc5)c4s3)[C@H](C)[C@H]12. The zero-order valence-electron chi connectivity index (χ0n) is 19.4. The van der Waals surface area contributed by atoms with E-state index in [1.165, 1.54) is 46.8 Å². The number of thiazole rings is 1. The molecule has 0 spiro atoms. The number of amides is 1. The number of carbonyl (C=O) groups is 2. The van der Waals surface area contributed by atoms with E-state index in [2.05, 4.69) is 9.71 Å². The lowest BCUT2D eigenvalue weighted by Gasteiger charge is -2.46. The fourth-order valence-corrected chi connectivity index (χ4v) is 7.54. The molecule has 0 aliphatic carbocycles. The number of nitro groups is 1. The third kappa shape index (κ3) is 3.90. The van der Waals surface area contributed by atoms with Gasteiger partial charge < -0.3 is 15.1 Å². The molecule has 1 aromatic carbocycles. The number of aliphatic carboxylic acids is 1. The van der Waals surface area contributed by atoms with Crippen molar-refractivity contribution in [1.29, 1.82) is 0 Å². The van der Waals surface area contributed by atoms with Gasteiger partial charge in [-0.25, -0.2) is 22.9 Å². The Kier molecular flexibility index (Phi) is 5.90. The Hall–Kier alpha value is -3.66. The summed E-state index contributed by atoms with van der Waals surface area (Å²) >= 11 is 1.03. The predicted molar refractivity (Wildman–Crippen MR) is 130 cm³/mol. The van der Waals surface area contributed by atoms with Crippen molar-refractivity contribution >= 4 is 49.3 Å². The summed E-state index contributed by atoms with van der Waals surface area (Å²) in [6.45, 7) is 3.15. The number of hydrogen-bond acceptors (Lipinski definition) is 9. The Labute approximate surface area is 213 Å². The largest absolute Gasteiger partial charge is 0.477 e. The highest BCUT2D eigenvalue weighted by molar-refractivity contribution is 7.89. The first-order chi connectivity index (χ1) is 17.4. The van der Waals surface area contributed by atoms with Crippen molar-refractivity contribution in [2.24, 2.45) is 11.8 Å². The first kappa shape index (κ1) is 25.0. The molecule has 2 aliphatic rings. The molecule has 3 N–H and O–H groups in total. The number of nitrogens with one attached hydrogen (secondary N) is 1. The number of fused-ring (bicyclic) bond motifs is 2. The highest BCUT2D eigenvalue weighted by atomic mass is 32.2. The van der Waals surface area contributed by atoms with Crippen LogP contribution in [0.1, 0.15) is 24.3 Å². The summed E-state index contributed by atoms with van der Waals surface area (Å²) < 4.78 is 29.9. The Morgan fingerprint density at radius 1 is 1.32 bits per heavy atom. The second kappa shape index (κ2) is 8.72. The van der Waals surface area contributed by atoms with Gasteiger partial charge in [0.05, 0.1) is 27.9 Å². The standard InChI is InChI=1S/C22H21N5O8S2/c1-10-15(18(22(30)31)26-17(10)16(11(2)28)20(26)29)14-8-25-9-23-19(21(25)36-14)37(34,35)24-7-12-3-5-13(6-4-12)27(32)33/h3-6,8-11,16-17,24,28H,7H2,1-2H3,(H,30,31)/t10-,11+,16+,17+/m0/s1. The molecule has 37 heavy (non-hydrogen) atoms. The Morgan fingerprint density at radius 2 is 2.00 bits per heavy atom. The lowest BCUT2D eigenvalue weighted by atomic mass is 9.77. The van der Waals surface area contributed by atoms with Gasteiger partial charge in [-0.15, -0.1) is 11.3 Å². The molecule has 194 valence electrons. The number of carboxylic acid groups (broad SMARTS) is 1. The molecule has 1 fully saturated rings. The molecule has 2 aromatic heterocycles. The third-order valence-electron chi connectivity index (χ3n) is 6.69. The van der Waals surface area contributed by atoms with Gasteiger partial charge in [0.15, 0.2) is 0 Å². The van der Waals surface area contributed by atoms with Crippen molar-refractivity contribution in [3.05, 3.63) is 63.0 Å². The molecule has 0 unspecified atom stereocenters. The van der Waals surface area contributed by atoms with Gasteiger partial charge in [-0.2, -0.15) is 0 Å². The van der Waals surface area contributed by atoms with E-state index in [1.807, 2.05) is 0 Å². The van der Waals surface area contributed by atoms with Gasteiger partial charge in [0.1, 0.15) is 16.9 Å². The molecule has 4 heterocycles. The second-order valence-corrected chi connectivity index (χ2v) is 11.6. The molecule has 0 bridgehead atoms. The first-order valence-electron chi connectivity index (χ1n) is 11.1. The summed E-state index contributed by atoms with van der Waals surface area (Å²) in [7, 11) is -4.10. The zero-order valence-corrected chi connectivity index (χ0v) is 21.1. The molecule has 5 rings (SSSR count). The van der Waals surface area contributed by atoms with E-state index < -0.39 is 50.8 Å². The number of aliphatic hydroxyl groups excluding tert-OH is 1. The molecule has 0 saturated carbocycles. The smallest absolute Gasteiger partial charge is 0.352 e. The number of nitro benzene ring substituents is 1. The number of nitrogens with zero attached hydrogens (tertiary/aromatic N) is 4. The minimum atomic E-state index is -4.10. The van der Waals surface area contributed by atoms with E-state index in [0.717, 1.165) is 11.3 Å². The number of rotatable bonds is 8. The van der Waals surface area contributed by atoms with Gasteiger partial charge in [0.25, 0.3) is 15.7 Å². The minimum Gasteiger partial charge on any atom is -0.477 e. The number of aromatic nitrogens is 2. The van der Waals surface area contributed by atoms with E-state index in [4.69, 9.17) is 0 Å². The van der Waals surface area contributed by atoms with Crippen LogP contribution in [0.25, 0.3) is 10.4 Å². The molecule has 2 aliphatic heterocycles. The van der Waals surface area contributed by atoms with Gasteiger partial charge in [-0.3, -0.25) is 19.3 Å². The van der Waals surface area contributed by atoms with Crippen molar-refractivity contribution in [2.75, 3.05) is 0 Å². The maximum Gasteiger partial charge on any atom is 0.352 e. The Morgan fingerprint density at radius 3 is 2.59 bits per heavy atom. The van der Waals surface area contributed by atoms with Crippen LogP contribution in [0.3, 0.4) is 0 Å². The lowest BCUT2D eigenvalue weighted by molar-refractivity contribution is -0.384. The van der Waals surface area contributed by atoms with Crippen molar-refractivity contribution in [3.63, 3.8) is 0 Å². The topological polar surface area (TPSA) is 184 Å². The summed E-state index contributed by atoms with van der Waals surface area (Å²) in [6.07, 6.45) is 1.94. The van der Waals surface area contributed by atoms with E-state index >= 15 is 0 Å². The number of carboxylic acids is 1. The number of non-ortho nitro benzene ring substituents is 1. The van der Waals surface area contributed by atoms with Gasteiger partial charge >= 0.3 is 5.97 Å². The number of imidazole rings is 1. The second-order valence-electron chi connectivity index (χ2n) is 8.93. The van der Waals surface area contributed by atoms with Crippen LogP contribution in [0.15, 0.2) is 47.5 Å². The number of aliphatic hydroxyl groups is 1. The van der Waals surface area contributed by atoms with Crippen molar-refractivity contribution in [2.45, 2.75) is 37.6 Å². The summed E-state index contributed by atoms with van der Waals surface area (Å²) in [4.78, 5) is 40.9. The van der Waals surface area contributed by atoms with Crippen molar-refractivity contribution in [1.82, 2.24) is 19.0 Å². The molecule has 13 nitrogen and oxygen atoms in total. The summed E-state index contributed by atoms with van der Waals surface area (Å²) in [5.74, 6) is -2.85. The van der Waals surface area contributed by atoms with Crippen LogP contribution in [0.4, 0.5) is 5.69 Å². The summed E-state index contributed by atoms with van der Waals surface area (Å²) in [5, 5.41) is 30.5. The van der Waals surface area contributed by atoms with E-state index in [0.29, 0.717) is 16.0 Å². The molecule has 4 atom stereocenters. The van der Waals surface area contributed by atoms with E-state index in [-0.39, 0.29) is 27.8 Å². The maximum absolute atomic E-state index is 13.0. The molecular formula is C22H21N5O8S2. The van der Waals surface area contributed by atoms with E-state index in [1.54, 1.807) is 13.1 Å². The number of sulfonamides is 1. The lowest BCUT2D eigenvalue weighted by Crippen LogP contribution is -2.63. The van der Waals surface area contributed by atoms with Gasteiger partial charge in [-0.1, -0.05) is 19.1 Å². The molecule has 1 saturated heterocycles. The molecule has 0 radical (unpaired) electrons. The summed E-state index contributed by atoms with van der Waals surface area (Å²) in [6, 6.07) is 4.94. The fourth-order valence-electron chi connectivity index (χ4n) is 4.96. The monoisotopic (exact) mass is 547 g/mol. The third-order valence-corrected chi connectivity index (χ3v) is 9.29. The molecular weight excluding hydrogens is 526 g/mol. The van der Waals surface area contributed by atoms with Crippen LogP contribution < -0.4 is 4.72 Å². The van der Waals surface area contributed by atoms with Gasteiger partial charge in [0, 0.05) is 36.4 Å². The average molecular weight is 548 g/mol. The van der Waals surface area contributed by atoms with Crippen LogP contribution in [0.2, 0.25) is 0 Å². The number of benzene rings is 1. The minimum absolute atomic E-state index is 0.115. The Bertz CT molecular complexity index is 1590. The van der Waals surface area contributed by atoms with Crippen LogP contribution in [0.5, 0.6) is 0 Å². The number of β-lactam (4-membered cyclic amide) rings is 1. The first-order valence-corrected chi connectivity index (χ1v) is 13.4. The fraction of sp³-hybridized carbons (Fsp3) is 0.318. The average Bonchev–Trinajstić information content (AvgIpc) is 3.47. The highest BCUT2D eigenvalue weighted by Crippen LogP contribution is 2.51. The maximum atomic E-state index is 13.0. The van der Waals surface area contributed by atoms with Crippen molar-refractivity contribution in [3.8, 4) is 0 Å². The number of carbonyl (C=O) groups excluding carboxylic acids is 1. The van der Waals surface area contributed by atoms with Gasteiger partial charge in [-0.05, 0) is 12.5 Å². The number of hydrogen-bond donors (Lipinski definition) is 3. The van der Waals surface area contributed by atoms with Crippen LogP contribution in [0, 0.1) is 22.0 Å². The predicted octanol–water partition coefficient (Wildman–Crippen LogP) is 1.44. The quantitative estimate of drug-likeness (QED) is 0.213. The Balaban J connectivity index is 1.46. The zero-order chi connectivity index (χ0) is 26.8. The molecule has 15 heteroatoms. The van der Waals surface area contributed by atoms with Crippen LogP contribution >= 0.6 is 11.3 Å². The van der Waals surface area contributed by atoms with Gasteiger partial charge in [0.2, 0.25) is 10.9 Å². The normalized spacial score (nSPS) is 22.3.